The van der Waals surface area contributed by atoms with E-state index in [0.29, 0.717) is 0 Å². The average molecular weight is 139 g/mol. The third kappa shape index (κ3) is 2.58. The molecule has 0 aliphatic rings. The summed E-state index contributed by atoms with van der Waals surface area (Å²) in [5, 5.41) is 4.00. The number of hydrogen-bond donors (Lipinski definition) is 0. The highest BCUT2D eigenvalue weighted by molar-refractivity contribution is 4.89. The van der Waals surface area contributed by atoms with E-state index in [1.807, 2.05) is 44.6 Å². The van der Waals surface area contributed by atoms with E-state index in [-0.39, 0.29) is 0 Å². The van der Waals surface area contributed by atoms with Gasteiger partial charge >= 0.3 is 0 Å². The van der Waals surface area contributed by atoms with Crippen molar-refractivity contribution < 1.29 is 4.68 Å². The zero-order chi connectivity index (χ0) is 7.98. The highest BCUT2D eigenvalue weighted by Gasteiger charge is 1.94. The highest BCUT2D eigenvalue weighted by atomic mass is 15.2. The molecule has 0 aliphatic carbocycles. The largest absolute Gasteiger partial charge is 0.205 e. The van der Waals surface area contributed by atoms with Crippen molar-refractivity contribution in [1.29, 1.82) is 0 Å². The first kappa shape index (κ1) is 9.08. The first-order chi connectivity index (χ1) is 4.80. The predicted molar refractivity (Wildman–Crippen MR) is 41.5 cm³/mol. The fourth-order valence-electron chi connectivity index (χ4n) is 0.520. The van der Waals surface area contributed by atoms with Gasteiger partial charge in [0.05, 0.1) is 6.20 Å². The van der Waals surface area contributed by atoms with Crippen molar-refractivity contribution in [3.05, 3.63) is 24.0 Å². The van der Waals surface area contributed by atoms with Crippen molar-refractivity contribution in [3.63, 3.8) is 0 Å². The van der Waals surface area contributed by atoms with Gasteiger partial charge in [-0.1, -0.05) is 18.5 Å². The molecule has 0 unspecified atom stereocenters. The Morgan fingerprint density at radius 1 is 1.40 bits per heavy atom. The Morgan fingerprint density at radius 2 is 2.00 bits per heavy atom. The van der Waals surface area contributed by atoms with Crippen molar-refractivity contribution >= 4 is 0 Å². The van der Waals surface area contributed by atoms with Crippen LogP contribution in [0.15, 0.2) is 18.3 Å². The molecule has 0 aliphatic heterocycles. The molecule has 1 aromatic heterocycles. The van der Waals surface area contributed by atoms with Crippen molar-refractivity contribution in [2.75, 3.05) is 0 Å². The van der Waals surface area contributed by atoms with Crippen molar-refractivity contribution in [2.45, 2.75) is 20.8 Å². The molecule has 0 saturated carbocycles. The van der Waals surface area contributed by atoms with E-state index in [2.05, 4.69) is 5.10 Å². The molecule has 1 aromatic rings. The molecule has 0 atom stereocenters. The van der Waals surface area contributed by atoms with Gasteiger partial charge in [-0.2, -0.15) is 0 Å². The molecule has 0 amide bonds. The lowest BCUT2D eigenvalue weighted by molar-refractivity contribution is -0.736. The Bertz CT molecular complexity index is 163. The van der Waals surface area contributed by atoms with Crippen LogP contribution in [0.3, 0.4) is 0 Å². The quantitative estimate of drug-likeness (QED) is 0.494. The average Bonchev–Trinajstić information content (AvgIpc) is 2.00. The topological polar surface area (TPSA) is 16.8 Å². The molecule has 0 saturated heterocycles. The van der Waals surface area contributed by atoms with Gasteiger partial charge in [0.2, 0.25) is 5.69 Å². The molecular weight excluding hydrogens is 124 g/mol. The summed E-state index contributed by atoms with van der Waals surface area (Å²) in [4.78, 5) is 0. The molecule has 0 spiro atoms. The van der Waals surface area contributed by atoms with Gasteiger partial charge in [-0.05, 0) is 11.2 Å². The minimum Gasteiger partial charge on any atom is -0.0915 e. The van der Waals surface area contributed by atoms with Crippen LogP contribution in [-0.2, 0) is 7.05 Å². The maximum Gasteiger partial charge on any atom is 0.205 e. The monoisotopic (exact) mass is 139 g/mol. The maximum atomic E-state index is 4.00. The number of aromatic nitrogens is 2. The van der Waals surface area contributed by atoms with Gasteiger partial charge in [0.1, 0.15) is 0 Å². The second kappa shape index (κ2) is 4.91. The van der Waals surface area contributed by atoms with E-state index in [9.17, 15) is 0 Å². The van der Waals surface area contributed by atoms with Gasteiger partial charge in [0.15, 0.2) is 7.05 Å². The van der Waals surface area contributed by atoms with E-state index in [1.165, 1.54) is 5.69 Å². The fourth-order valence-corrected chi connectivity index (χ4v) is 0.520. The van der Waals surface area contributed by atoms with E-state index in [4.69, 9.17) is 0 Å². The standard InChI is InChI=1S/C6H9N2.C2H6/c1-6-4-3-5-7-8(6)2;1-2/h3-5H,1-2H3;1-2H3/q+1;. The molecular formula is C8H15N2+. The summed E-state index contributed by atoms with van der Waals surface area (Å²) in [6.45, 7) is 6.02. The van der Waals surface area contributed by atoms with E-state index in [1.54, 1.807) is 6.20 Å². The molecule has 0 N–H and O–H groups in total. The van der Waals surface area contributed by atoms with Gasteiger partial charge in [-0.3, -0.25) is 0 Å². The van der Waals surface area contributed by atoms with E-state index < -0.39 is 0 Å². The zero-order valence-electron chi connectivity index (χ0n) is 7.13. The first-order valence-electron chi connectivity index (χ1n) is 3.58. The Kier molecular flexibility index (Phi) is 4.46. The molecule has 0 radical (unpaired) electrons. The van der Waals surface area contributed by atoms with Crippen molar-refractivity contribution in [1.82, 2.24) is 5.10 Å². The molecule has 10 heavy (non-hydrogen) atoms. The van der Waals surface area contributed by atoms with Gasteiger partial charge in [0.25, 0.3) is 0 Å². The van der Waals surface area contributed by atoms with Crippen LogP contribution in [0, 0.1) is 6.92 Å². The minimum atomic E-state index is 1.17. The minimum absolute atomic E-state index is 1.17. The van der Waals surface area contributed by atoms with Gasteiger partial charge in [0, 0.05) is 13.0 Å². The zero-order valence-corrected chi connectivity index (χ0v) is 7.13. The Balaban J connectivity index is 0.000000371. The predicted octanol–water partition coefficient (Wildman–Crippen LogP) is 1.24. The third-order valence-electron chi connectivity index (χ3n) is 1.17. The molecule has 2 nitrogen and oxygen atoms in total. The number of hydrogen-bond acceptors (Lipinski definition) is 1. The van der Waals surface area contributed by atoms with Gasteiger partial charge in [-0.25, -0.2) is 0 Å². The normalized spacial score (nSPS) is 8.00. The molecule has 1 rings (SSSR count). The Morgan fingerprint density at radius 3 is 2.30 bits per heavy atom. The lowest BCUT2D eigenvalue weighted by atomic mass is 10.4. The second-order valence-electron chi connectivity index (χ2n) is 1.79. The van der Waals surface area contributed by atoms with Crippen LogP contribution in [0.4, 0.5) is 0 Å². The Labute approximate surface area is 62.5 Å². The van der Waals surface area contributed by atoms with Crippen LogP contribution in [-0.4, -0.2) is 5.10 Å². The third-order valence-corrected chi connectivity index (χ3v) is 1.17. The summed E-state index contributed by atoms with van der Waals surface area (Å²) in [5.41, 5.74) is 1.17. The molecule has 0 aromatic carbocycles. The number of aryl methyl sites for hydroxylation is 2. The van der Waals surface area contributed by atoms with Crippen LogP contribution in [0.1, 0.15) is 19.5 Å². The molecule has 2 heteroatoms. The fraction of sp³-hybridized carbons (Fsp3) is 0.500. The Hall–Kier alpha value is -0.920. The van der Waals surface area contributed by atoms with Crippen LogP contribution >= 0.6 is 0 Å². The van der Waals surface area contributed by atoms with Crippen LogP contribution in [0.5, 0.6) is 0 Å². The van der Waals surface area contributed by atoms with Crippen LogP contribution < -0.4 is 4.68 Å². The summed E-state index contributed by atoms with van der Waals surface area (Å²) < 4.78 is 1.83. The van der Waals surface area contributed by atoms with E-state index >= 15 is 0 Å². The smallest absolute Gasteiger partial charge is 0.0915 e. The molecule has 56 valence electrons. The molecule has 0 bridgehead atoms. The van der Waals surface area contributed by atoms with Gasteiger partial charge in [-0.15, -0.1) is 0 Å². The summed E-state index contributed by atoms with van der Waals surface area (Å²) in [5.74, 6) is 0. The van der Waals surface area contributed by atoms with Crippen LogP contribution in [0.25, 0.3) is 0 Å². The summed E-state index contributed by atoms with van der Waals surface area (Å²) in [7, 11) is 1.93. The lowest BCUT2D eigenvalue weighted by Crippen LogP contribution is -2.35. The summed E-state index contributed by atoms with van der Waals surface area (Å²) in [6, 6.07) is 3.95. The number of nitrogens with zero attached hydrogens (tertiary/aromatic N) is 2. The van der Waals surface area contributed by atoms with Crippen molar-refractivity contribution in [3.8, 4) is 0 Å². The van der Waals surface area contributed by atoms with Gasteiger partial charge < -0.3 is 0 Å². The van der Waals surface area contributed by atoms with E-state index in [0.717, 1.165) is 0 Å². The number of rotatable bonds is 0. The molecule has 0 fully saturated rings. The lowest BCUT2D eigenvalue weighted by Gasteiger charge is -1.84. The second-order valence-corrected chi connectivity index (χ2v) is 1.79. The first-order valence-corrected chi connectivity index (χ1v) is 3.58. The van der Waals surface area contributed by atoms with Crippen LogP contribution in [0.2, 0.25) is 0 Å². The highest BCUT2D eigenvalue weighted by Crippen LogP contribution is 1.80. The molecule has 1 heterocycles. The summed E-state index contributed by atoms with van der Waals surface area (Å²) in [6.07, 6.45) is 1.77. The summed E-state index contributed by atoms with van der Waals surface area (Å²) >= 11 is 0. The maximum absolute atomic E-state index is 4.00. The SMILES string of the molecule is CC.Cc1cccn[n+]1C. The van der Waals surface area contributed by atoms with Crippen molar-refractivity contribution in [2.24, 2.45) is 7.05 Å².